The largest absolute Gasteiger partial charge is 0.310 e. The summed E-state index contributed by atoms with van der Waals surface area (Å²) < 4.78 is 25.9. The molecule has 2 N–H and O–H groups in total. The van der Waals surface area contributed by atoms with E-state index in [1.807, 2.05) is 12.1 Å². The summed E-state index contributed by atoms with van der Waals surface area (Å²) in [5.41, 5.74) is 1.74. The molecular weight excluding hydrogens is 248 g/mol. The molecule has 102 valence electrons. The number of hydrogen-bond donors (Lipinski definition) is 2. The quantitative estimate of drug-likeness (QED) is 0.834. The highest BCUT2D eigenvalue weighted by Gasteiger charge is 2.15. The van der Waals surface area contributed by atoms with Crippen molar-refractivity contribution >= 4 is 15.7 Å². The molecule has 0 saturated heterocycles. The van der Waals surface area contributed by atoms with Crippen LogP contribution in [-0.4, -0.2) is 19.7 Å². The lowest BCUT2D eigenvalue weighted by atomic mass is 10.2. The summed E-state index contributed by atoms with van der Waals surface area (Å²) in [6.07, 6.45) is 0. The molecule has 1 aromatic rings. The standard InChI is InChI=1S/C13H22N2O2S/c1-10(2)14-9-12-5-7-13(8-6-12)15-18(16,17)11(3)4/h5-8,10-11,14-15H,9H2,1-4H3. The van der Waals surface area contributed by atoms with Gasteiger partial charge in [-0.1, -0.05) is 26.0 Å². The first-order chi connectivity index (χ1) is 8.31. The number of rotatable bonds is 6. The van der Waals surface area contributed by atoms with Crippen molar-refractivity contribution in [2.75, 3.05) is 4.72 Å². The van der Waals surface area contributed by atoms with Crippen LogP contribution < -0.4 is 10.0 Å². The van der Waals surface area contributed by atoms with Crippen LogP contribution in [-0.2, 0) is 16.6 Å². The summed E-state index contributed by atoms with van der Waals surface area (Å²) in [5, 5.41) is 2.88. The van der Waals surface area contributed by atoms with Gasteiger partial charge in [0.1, 0.15) is 0 Å². The molecular formula is C13H22N2O2S. The lowest BCUT2D eigenvalue weighted by molar-refractivity contribution is 0.589. The van der Waals surface area contributed by atoms with Crippen molar-refractivity contribution in [3.63, 3.8) is 0 Å². The zero-order chi connectivity index (χ0) is 13.8. The van der Waals surface area contributed by atoms with Gasteiger partial charge in [-0.25, -0.2) is 8.42 Å². The number of benzene rings is 1. The Kier molecular flexibility index (Phi) is 5.16. The van der Waals surface area contributed by atoms with Crippen molar-refractivity contribution in [3.8, 4) is 0 Å². The highest BCUT2D eigenvalue weighted by Crippen LogP contribution is 2.13. The fourth-order valence-electron chi connectivity index (χ4n) is 1.29. The van der Waals surface area contributed by atoms with E-state index in [2.05, 4.69) is 23.9 Å². The highest BCUT2D eigenvalue weighted by molar-refractivity contribution is 7.93. The normalized spacial score (nSPS) is 12.1. The maximum absolute atomic E-state index is 11.7. The van der Waals surface area contributed by atoms with Crippen LogP contribution in [0, 0.1) is 0 Å². The Morgan fingerprint density at radius 2 is 1.61 bits per heavy atom. The molecule has 0 radical (unpaired) electrons. The molecule has 0 heterocycles. The maximum Gasteiger partial charge on any atom is 0.235 e. The van der Waals surface area contributed by atoms with Gasteiger partial charge in [0.05, 0.1) is 5.25 Å². The third-order valence-electron chi connectivity index (χ3n) is 2.55. The van der Waals surface area contributed by atoms with E-state index in [1.165, 1.54) is 0 Å². The Labute approximate surface area is 110 Å². The highest BCUT2D eigenvalue weighted by atomic mass is 32.2. The second kappa shape index (κ2) is 6.20. The van der Waals surface area contributed by atoms with Gasteiger partial charge in [0, 0.05) is 18.3 Å². The predicted octanol–water partition coefficient (Wildman–Crippen LogP) is 2.33. The molecule has 0 aliphatic carbocycles. The second-order valence-electron chi connectivity index (χ2n) is 4.93. The SMILES string of the molecule is CC(C)NCc1ccc(NS(=O)(=O)C(C)C)cc1. The minimum Gasteiger partial charge on any atom is -0.310 e. The van der Waals surface area contributed by atoms with Crippen LogP contribution >= 0.6 is 0 Å². The second-order valence-corrected chi connectivity index (χ2v) is 7.17. The van der Waals surface area contributed by atoms with E-state index >= 15 is 0 Å². The summed E-state index contributed by atoms with van der Waals surface area (Å²) in [7, 11) is -3.26. The van der Waals surface area contributed by atoms with Crippen molar-refractivity contribution in [1.29, 1.82) is 0 Å². The van der Waals surface area contributed by atoms with Gasteiger partial charge >= 0.3 is 0 Å². The smallest absolute Gasteiger partial charge is 0.235 e. The molecule has 18 heavy (non-hydrogen) atoms. The zero-order valence-electron chi connectivity index (χ0n) is 11.4. The predicted molar refractivity (Wildman–Crippen MR) is 76.1 cm³/mol. The summed E-state index contributed by atoms with van der Waals surface area (Å²) >= 11 is 0. The van der Waals surface area contributed by atoms with E-state index in [-0.39, 0.29) is 0 Å². The first-order valence-corrected chi connectivity index (χ1v) is 7.70. The van der Waals surface area contributed by atoms with Gasteiger partial charge in [0.25, 0.3) is 0 Å². The van der Waals surface area contributed by atoms with Crippen LogP contribution in [0.4, 0.5) is 5.69 Å². The molecule has 1 rings (SSSR count). The van der Waals surface area contributed by atoms with Gasteiger partial charge in [-0.3, -0.25) is 4.72 Å². The van der Waals surface area contributed by atoms with Gasteiger partial charge in [0.15, 0.2) is 0 Å². The average Bonchev–Trinajstić information content (AvgIpc) is 2.27. The Morgan fingerprint density at radius 1 is 1.06 bits per heavy atom. The first-order valence-electron chi connectivity index (χ1n) is 6.15. The molecule has 0 unspecified atom stereocenters. The van der Waals surface area contributed by atoms with Gasteiger partial charge in [-0.15, -0.1) is 0 Å². The van der Waals surface area contributed by atoms with E-state index < -0.39 is 15.3 Å². The van der Waals surface area contributed by atoms with Crippen molar-refractivity contribution in [2.45, 2.75) is 45.5 Å². The zero-order valence-corrected chi connectivity index (χ0v) is 12.2. The molecule has 0 bridgehead atoms. The lowest BCUT2D eigenvalue weighted by Gasteiger charge is -2.12. The summed E-state index contributed by atoms with van der Waals surface area (Å²) in [6.45, 7) is 8.28. The summed E-state index contributed by atoms with van der Waals surface area (Å²) in [6, 6.07) is 7.86. The first kappa shape index (κ1) is 15.0. The van der Waals surface area contributed by atoms with Crippen LogP contribution in [0.15, 0.2) is 24.3 Å². The molecule has 0 fully saturated rings. The Bertz CT molecular complexity index is 464. The Balaban J connectivity index is 2.66. The molecule has 0 aliphatic heterocycles. The Morgan fingerprint density at radius 3 is 2.06 bits per heavy atom. The third-order valence-corrected chi connectivity index (χ3v) is 4.31. The average molecular weight is 270 g/mol. The van der Waals surface area contributed by atoms with Gasteiger partial charge < -0.3 is 5.32 Å². The molecule has 1 aromatic carbocycles. The molecule has 0 amide bonds. The minimum atomic E-state index is -3.26. The van der Waals surface area contributed by atoms with Crippen LogP contribution in [0.3, 0.4) is 0 Å². The molecule has 0 aromatic heterocycles. The number of anilines is 1. The van der Waals surface area contributed by atoms with E-state index in [0.29, 0.717) is 11.7 Å². The summed E-state index contributed by atoms with van der Waals surface area (Å²) in [4.78, 5) is 0. The van der Waals surface area contributed by atoms with E-state index in [9.17, 15) is 8.42 Å². The van der Waals surface area contributed by atoms with Crippen LogP contribution in [0.2, 0.25) is 0 Å². The fraction of sp³-hybridized carbons (Fsp3) is 0.538. The molecule has 5 heteroatoms. The van der Waals surface area contributed by atoms with Crippen molar-refractivity contribution in [2.24, 2.45) is 0 Å². The Hall–Kier alpha value is -1.07. The van der Waals surface area contributed by atoms with Gasteiger partial charge in [0.2, 0.25) is 10.0 Å². The topological polar surface area (TPSA) is 58.2 Å². The maximum atomic E-state index is 11.7. The van der Waals surface area contributed by atoms with Crippen molar-refractivity contribution in [1.82, 2.24) is 5.32 Å². The van der Waals surface area contributed by atoms with E-state index in [4.69, 9.17) is 0 Å². The van der Waals surface area contributed by atoms with E-state index in [1.54, 1.807) is 26.0 Å². The third kappa shape index (κ3) is 4.66. The van der Waals surface area contributed by atoms with Crippen molar-refractivity contribution in [3.05, 3.63) is 29.8 Å². The molecule has 0 atom stereocenters. The van der Waals surface area contributed by atoms with Gasteiger partial charge in [-0.05, 0) is 31.5 Å². The number of hydrogen-bond acceptors (Lipinski definition) is 3. The van der Waals surface area contributed by atoms with Crippen LogP contribution in [0.1, 0.15) is 33.3 Å². The summed E-state index contributed by atoms with van der Waals surface area (Å²) in [5.74, 6) is 0. The molecule has 0 spiro atoms. The molecule has 0 aliphatic rings. The number of nitrogens with one attached hydrogen (secondary N) is 2. The fourth-order valence-corrected chi connectivity index (χ4v) is 2.00. The van der Waals surface area contributed by atoms with Crippen molar-refractivity contribution < 1.29 is 8.42 Å². The van der Waals surface area contributed by atoms with Crippen LogP contribution in [0.5, 0.6) is 0 Å². The van der Waals surface area contributed by atoms with E-state index in [0.717, 1.165) is 12.1 Å². The number of sulfonamides is 1. The molecule has 4 nitrogen and oxygen atoms in total. The molecule has 0 saturated carbocycles. The minimum absolute atomic E-state index is 0.431. The van der Waals surface area contributed by atoms with Crippen LogP contribution in [0.25, 0.3) is 0 Å². The monoisotopic (exact) mass is 270 g/mol. The lowest BCUT2D eigenvalue weighted by Crippen LogP contribution is -2.23. The van der Waals surface area contributed by atoms with Gasteiger partial charge in [-0.2, -0.15) is 0 Å².